The molecular formula is C13H17ClF3N3OS2. The second kappa shape index (κ2) is 7.14. The second-order valence-corrected chi connectivity index (χ2v) is 7.39. The molecule has 1 aromatic heterocycles. The van der Waals surface area contributed by atoms with Crippen molar-refractivity contribution in [2.45, 2.75) is 49.4 Å². The predicted octanol–water partition coefficient (Wildman–Crippen LogP) is 4.61. The molecule has 2 rings (SSSR count). The summed E-state index contributed by atoms with van der Waals surface area (Å²) in [6, 6.07) is 0. The molecule has 130 valence electrons. The zero-order chi connectivity index (χ0) is 17.3. The number of rotatable bonds is 5. The van der Waals surface area contributed by atoms with Crippen LogP contribution in [0.1, 0.15) is 31.5 Å². The number of aromatic nitrogens is 2. The summed E-state index contributed by atoms with van der Waals surface area (Å²) in [5.74, 6) is 0.420. The number of thioether (sulfide) groups is 2. The van der Waals surface area contributed by atoms with E-state index in [1.807, 2.05) is 6.92 Å². The lowest BCUT2D eigenvalue weighted by atomic mass is 10.1. The summed E-state index contributed by atoms with van der Waals surface area (Å²) in [7, 11) is 0. The molecule has 10 heteroatoms. The van der Waals surface area contributed by atoms with Crippen LogP contribution in [0.3, 0.4) is 0 Å². The van der Waals surface area contributed by atoms with E-state index in [1.165, 1.54) is 28.2 Å². The number of hydrogen-bond donors (Lipinski definition) is 0. The van der Waals surface area contributed by atoms with Gasteiger partial charge in [0.15, 0.2) is 11.3 Å². The van der Waals surface area contributed by atoms with E-state index in [0.29, 0.717) is 23.0 Å². The van der Waals surface area contributed by atoms with E-state index < -0.39 is 17.5 Å². The monoisotopic (exact) mass is 387 g/mol. The molecule has 0 amide bonds. The van der Waals surface area contributed by atoms with Crippen molar-refractivity contribution in [1.82, 2.24) is 9.78 Å². The van der Waals surface area contributed by atoms with E-state index in [9.17, 15) is 13.2 Å². The zero-order valence-corrected chi connectivity index (χ0v) is 15.3. The van der Waals surface area contributed by atoms with Gasteiger partial charge in [-0.3, -0.25) is 4.68 Å². The van der Waals surface area contributed by atoms with Crippen molar-refractivity contribution < 1.29 is 18.0 Å². The molecule has 0 aliphatic carbocycles. The molecule has 0 aromatic carbocycles. The fourth-order valence-electron chi connectivity index (χ4n) is 2.13. The molecule has 4 nitrogen and oxygen atoms in total. The average molecular weight is 388 g/mol. The first kappa shape index (κ1) is 18.8. The smallest absolute Gasteiger partial charge is 0.387 e. The molecule has 1 aliphatic rings. The van der Waals surface area contributed by atoms with Gasteiger partial charge in [-0.2, -0.15) is 18.3 Å². The van der Waals surface area contributed by atoms with Gasteiger partial charge in [-0.1, -0.05) is 5.16 Å². The van der Waals surface area contributed by atoms with Gasteiger partial charge in [-0.25, -0.2) is 0 Å². The molecule has 23 heavy (non-hydrogen) atoms. The highest BCUT2D eigenvalue weighted by molar-refractivity contribution is 8.13. The van der Waals surface area contributed by atoms with Gasteiger partial charge in [0.05, 0.1) is 10.9 Å². The molecule has 0 saturated heterocycles. The SMILES string of the molecule is CCn1nc(C(F)(F)F)c(CSC2=NOC(C)(CCl)C2)c1SC. The van der Waals surface area contributed by atoms with Crippen LogP contribution < -0.4 is 0 Å². The maximum absolute atomic E-state index is 13.2. The van der Waals surface area contributed by atoms with Gasteiger partial charge in [0.1, 0.15) is 5.04 Å². The van der Waals surface area contributed by atoms with Crippen molar-refractivity contribution in [3.63, 3.8) is 0 Å². The maximum Gasteiger partial charge on any atom is 0.435 e. The summed E-state index contributed by atoms with van der Waals surface area (Å²) < 4.78 is 41.1. The third-order valence-electron chi connectivity index (χ3n) is 3.32. The summed E-state index contributed by atoms with van der Waals surface area (Å²) in [5, 5.41) is 8.84. The zero-order valence-electron chi connectivity index (χ0n) is 12.9. The van der Waals surface area contributed by atoms with Gasteiger partial charge < -0.3 is 4.84 Å². The third-order valence-corrected chi connectivity index (χ3v) is 5.71. The largest absolute Gasteiger partial charge is 0.435 e. The fraction of sp³-hybridized carbons (Fsp3) is 0.692. The first-order chi connectivity index (χ1) is 10.7. The van der Waals surface area contributed by atoms with Gasteiger partial charge in [-0.05, 0) is 20.1 Å². The number of aryl methyl sites for hydroxylation is 1. The van der Waals surface area contributed by atoms with E-state index >= 15 is 0 Å². The van der Waals surface area contributed by atoms with E-state index in [0.717, 1.165) is 0 Å². The first-order valence-corrected chi connectivity index (χ1v) is 9.63. The quantitative estimate of drug-likeness (QED) is 0.546. The van der Waals surface area contributed by atoms with E-state index in [1.54, 1.807) is 13.2 Å². The van der Waals surface area contributed by atoms with Crippen molar-refractivity contribution in [2.24, 2.45) is 5.16 Å². The normalized spacial score (nSPS) is 21.4. The maximum atomic E-state index is 13.2. The van der Waals surface area contributed by atoms with Gasteiger partial charge >= 0.3 is 6.18 Å². The Bertz CT molecular complexity index is 606. The summed E-state index contributed by atoms with van der Waals surface area (Å²) in [4.78, 5) is 5.26. The van der Waals surface area contributed by atoms with Crippen LogP contribution >= 0.6 is 35.1 Å². The van der Waals surface area contributed by atoms with Crippen molar-refractivity contribution in [3.8, 4) is 0 Å². The summed E-state index contributed by atoms with van der Waals surface area (Å²) >= 11 is 8.32. The molecule has 1 aromatic rings. The Kier molecular flexibility index (Phi) is 5.84. The lowest BCUT2D eigenvalue weighted by Gasteiger charge is -2.16. The number of oxime groups is 1. The Morgan fingerprint density at radius 1 is 1.43 bits per heavy atom. The molecule has 0 radical (unpaired) electrons. The van der Waals surface area contributed by atoms with Gasteiger partial charge in [0.2, 0.25) is 0 Å². The van der Waals surface area contributed by atoms with Crippen LogP contribution in [0.15, 0.2) is 10.2 Å². The van der Waals surface area contributed by atoms with Crippen molar-refractivity contribution in [3.05, 3.63) is 11.3 Å². The Balaban J connectivity index is 2.21. The van der Waals surface area contributed by atoms with Crippen LogP contribution in [0, 0.1) is 0 Å². The number of hydrogen-bond acceptors (Lipinski definition) is 5. The Morgan fingerprint density at radius 2 is 2.13 bits per heavy atom. The molecule has 1 atom stereocenters. The second-order valence-electron chi connectivity index (χ2n) is 5.28. The first-order valence-electron chi connectivity index (χ1n) is 6.88. The van der Waals surface area contributed by atoms with Crippen LogP contribution in [-0.4, -0.2) is 32.6 Å². The van der Waals surface area contributed by atoms with Gasteiger partial charge in [0.25, 0.3) is 0 Å². The van der Waals surface area contributed by atoms with Crippen LogP contribution in [-0.2, 0) is 23.3 Å². The van der Waals surface area contributed by atoms with Gasteiger partial charge in [-0.15, -0.1) is 35.1 Å². The van der Waals surface area contributed by atoms with Crippen molar-refractivity contribution in [2.75, 3.05) is 12.1 Å². The minimum absolute atomic E-state index is 0.144. The minimum Gasteiger partial charge on any atom is -0.387 e. The van der Waals surface area contributed by atoms with Crippen LogP contribution in [0.4, 0.5) is 13.2 Å². The van der Waals surface area contributed by atoms with Crippen LogP contribution in [0.5, 0.6) is 0 Å². The van der Waals surface area contributed by atoms with E-state index in [4.69, 9.17) is 16.4 Å². The summed E-state index contributed by atoms with van der Waals surface area (Å²) in [6.45, 7) is 3.98. The Labute approximate surface area is 146 Å². The average Bonchev–Trinajstić information content (AvgIpc) is 3.05. The molecular weight excluding hydrogens is 371 g/mol. The van der Waals surface area contributed by atoms with Crippen LogP contribution in [0.2, 0.25) is 0 Å². The number of nitrogens with zero attached hydrogens (tertiary/aromatic N) is 3. The Morgan fingerprint density at radius 3 is 2.61 bits per heavy atom. The molecule has 0 spiro atoms. The molecule has 0 saturated carbocycles. The summed E-state index contributed by atoms with van der Waals surface area (Å²) in [6.07, 6.45) is -2.23. The molecule has 2 heterocycles. The van der Waals surface area contributed by atoms with Crippen molar-refractivity contribution >= 4 is 40.2 Å². The topological polar surface area (TPSA) is 39.4 Å². The highest BCUT2D eigenvalue weighted by Crippen LogP contribution is 2.39. The molecule has 0 bridgehead atoms. The summed E-state index contributed by atoms with van der Waals surface area (Å²) in [5.41, 5.74) is -1.21. The standard InChI is InChI=1S/C13H17ClF3N3OS2/c1-4-20-11(22-3)8(10(18-20)13(15,16)17)6-23-9-5-12(2,7-14)21-19-9/h4-7H2,1-3H3. The third kappa shape index (κ3) is 4.11. The fourth-order valence-corrected chi connectivity index (χ4v) is 4.25. The van der Waals surface area contributed by atoms with Crippen LogP contribution in [0.25, 0.3) is 0 Å². The number of halogens is 4. The number of alkyl halides is 4. The highest BCUT2D eigenvalue weighted by atomic mass is 35.5. The highest BCUT2D eigenvalue weighted by Gasteiger charge is 2.39. The lowest BCUT2D eigenvalue weighted by Crippen LogP contribution is -2.26. The van der Waals surface area contributed by atoms with Crippen molar-refractivity contribution in [1.29, 1.82) is 0 Å². The van der Waals surface area contributed by atoms with Gasteiger partial charge in [0, 0.05) is 24.3 Å². The predicted molar refractivity (Wildman–Crippen MR) is 88.2 cm³/mol. The molecule has 0 N–H and O–H groups in total. The molecule has 1 unspecified atom stereocenters. The Hall–Kier alpha value is -0.540. The molecule has 0 fully saturated rings. The van der Waals surface area contributed by atoms with E-state index in [-0.39, 0.29) is 17.2 Å². The molecule has 1 aliphatic heterocycles. The minimum atomic E-state index is -4.47. The lowest BCUT2D eigenvalue weighted by molar-refractivity contribution is -0.142. The van der Waals surface area contributed by atoms with E-state index in [2.05, 4.69) is 10.3 Å².